The van der Waals surface area contributed by atoms with Crippen LogP contribution < -0.4 is 0 Å². The van der Waals surface area contributed by atoms with E-state index in [9.17, 15) is 14.4 Å². The third-order valence-electron chi connectivity index (χ3n) is 4.44. The van der Waals surface area contributed by atoms with Gasteiger partial charge >= 0.3 is 12.1 Å². The molecule has 148 valence electrons. The van der Waals surface area contributed by atoms with E-state index in [-0.39, 0.29) is 5.91 Å². The summed E-state index contributed by atoms with van der Waals surface area (Å²) in [5, 5.41) is 0. The molecular weight excluding hydrogens is 348 g/mol. The lowest BCUT2D eigenvalue weighted by Gasteiger charge is -2.33. The lowest BCUT2D eigenvalue weighted by molar-refractivity contribution is -0.153. The number of hydrogen-bond donors (Lipinski definition) is 0. The molecule has 1 saturated heterocycles. The molecule has 0 saturated carbocycles. The zero-order valence-electron chi connectivity index (χ0n) is 16.6. The number of carbonyl (C=O) groups is 3. The van der Waals surface area contributed by atoms with Crippen LogP contribution in [0.2, 0.25) is 0 Å². The third kappa shape index (κ3) is 4.99. The number of likely N-dealkylation sites (N-methyl/N-ethyl adjacent to an activating group) is 1. The molecule has 0 N–H and O–H groups in total. The van der Waals surface area contributed by atoms with Crippen LogP contribution in [0.1, 0.15) is 45.2 Å². The molecule has 0 aromatic heterocycles. The Hall–Kier alpha value is -2.57. The van der Waals surface area contributed by atoms with Crippen molar-refractivity contribution in [1.82, 2.24) is 9.80 Å². The second-order valence-corrected chi connectivity index (χ2v) is 7.62. The van der Waals surface area contributed by atoms with Gasteiger partial charge in [0.2, 0.25) is 5.91 Å². The quantitative estimate of drug-likeness (QED) is 0.755. The Labute approximate surface area is 160 Å². The van der Waals surface area contributed by atoms with E-state index in [0.29, 0.717) is 24.9 Å². The highest BCUT2D eigenvalue weighted by Crippen LogP contribution is 2.27. The van der Waals surface area contributed by atoms with Crippen molar-refractivity contribution in [1.29, 1.82) is 0 Å². The van der Waals surface area contributed by atoms with E-state index in [1.54, 1.807) is 52.1 Å². The fraction of sp³-hybridized carbons (Fsp3) is 0.550. The van der Waals surface area contributed by atoms with Crippen LogP contribution in [0.3, 0.4) is 0 Å². The number of ether oxygens (including phenoxy) is 2. The number of methoxy groups -OCH3 is 1. The van der Waals surface area contributed by atoms with Crippen molar-refractivity contribution < 1.29 is 23.9 Å². The van der Waals surface area contributed by atoms with Gasteiger partial charge in [-0.25, -0.2) is 9.59 Å². The largest absolute Gasteiger partial charge is 0.467 e. The number of likely N-dealkylation sites (tertiary alicyclic amines) is 1. The maximum absolute atomic E-state index is 13.1. The summed E-state index contributed by atoms with van der Waals surface area (Å²) >= 11 is 0. The first-order valence-corrected chi connectivity index (χ1v) is 9.05. The van der Waals surface area contributed by atoms with Crippen molar-refractivity contribution in [3.8, 4) is 0 Å². The summed E-state index contributed by atoms with van der Waals surface area (Å²) in [6.45, 7) is 5.80. The second kappa shape index (κ2) is 8.41. The Bertz CT molecular complexity index is 683. The molecule has 1 aromatic carbocycles. The summed E-state index contributed by atoms with van der Waals surface area (Å²) in [6.07, 6.45) is 0.726. The van der Waals surface area contributed by atoms with Crippen LogP contribution in [0.5, 0.6) is 0 Å². The minimum Gasteiger partial charge on any atom is -0.467 e. The Kier molecular flexibility index (Phi) is 6.46. The summed E-state index contributed by atoms with van der Waals surface area (Å²) in [6, 6.07) is 7.45. The molecule has 27 heavy (non-hydrogen) atoms. The summed E-state index contributed by atoms with van der Waals surface area (Å²) in [7, 11) is 2.85. The van der Waals surface area contributed by atoms with Crippen molar-refractivity contribution in [3.05, 3.63) is 35.9 Å². The van der Waals surface area contributed by atoms with Crippen LogP contribution in [-0.2, 0) is 19.1 Å². The SMILES string of the molecule is COC(=O)[C@@H](c1ccccc1)N(C)C(=O)C1CCCN1C(=O)OC(C)(C)C. The van der Waals surface area contributed by atoms with Crippen molar-refractivity contribution in [2.75, 3.05) is 20.7 Å². The van der Waals surface area contributed by atoms with Gasteiger partial charge in [0.15, 0.2) is 6.04 Å². The number of rotatable bonds is 4. The van der Waals surface area contributed by atoms with Gasteiger partial charge in [-0.2, -0.15) is 0 Å². The van der Waals surface area contributed by atoms with Crippen LogP contribution in [0.4, 0.5) is 4.79 Å². The molecule has 0 spiro atoms. The van der Waals surface area contributed by atoms with Crippen molar-refractivity contribution in [2.24, 2.45) is 0 Å². The fourth-order valence-electron chi connectivity index (χ4n) is 3.19. The van der Waals surface area contributed by atoms with Gasteiger partial charge in [0, 0.05) is 13.6 Å². The first kappa shape index (κ1) is 20.7. The topological polar surface area (TPSA) is 76.2 Å². The van der Waals surface area contributed by atoms with Gasteiger partial charge in [-0.3, -0.25) is 9.69 Å². The molecule has 2 atom stereocenters. The first-order valence-electron chi connectivity index (χ1n) is 9.05. The van der Waals surface area contributed by atoms with E-state index in [1.807, 2.05) is 6.07 Å². The predicted molar refractivity (Wildman–Crippen MR) is 99.9 cm³/mol. The van der Waals surface area contributed by atoms with E-state index in [4.69, 9.17) is 9.47 Å². The molecule has 7 nitrogen and oxygen atoms in total. The van der Waals surface area contributed by atoms with Crippen molar-refractivity contribution >= 4 is 18.0 Å². The van der Waals surface area contributed by atoms with E-state index in [0.717, 1.165) is 0 Å². The van der Waals surface area contributed by atoms with Crippen molar-refractivity contribution in [3.63, 3.8) is 0 Å². The summed E-state index contributed by atoms with van der Waals surface area (Å²) in [4.78, 5) is 40.8. The zero-order valence-corrected chi connectivity index (χ0v) is 16.6. The predicted octanol–water partition coefficient (Wildman–Crippen LogP) is 2.76. The molecule has 0 aliphatic carbocycles. The number of esters is 1. The van der Waals surface area contributed by atoms with Gasteiger partial charge in [0.1, 0.15) is 11.6 Å². The Morgan fingerprint density at radius 1 is 1.19 bits per heavy atom. The number of nitrogens with zero attached hydrogens (tertiary/aromatic N) is 2. The average molecular weight is 376 g/mol. The molecule has 1 aliphatic rings. The fourth-order valence-corrected chi connectivity index (χ4v) is 3.19. The van der Waals surface area contributed by atoms with Gasteiger partial charge in [-0.15, -0.1) is 0 Å². The monoisotopic (exact) mass is 376 g/mol. The smallest absolute Gasteiger partial charge is 0.410 e. The van der Waals surface area contributed by atoms with E-state index >= 15 is 0 Å². The maximum atomic E-state index is 13.1. The standard InChI is InChI=1S/C20H28N2O5/c1-20(2,3)27-19(25)22-13-9-12-15(22)17(23)21(4)16(18(24)26-5)14-10-7-6-8-11-14/h6-8,10-11,15-16H,9,12-13H2,1-5H3/t15?,16-/m1/s1. The minimum atomic E-state index is -0.871. The minimum absolute atomic E-state index is 0.308. The zero-order chi connectivity index (χ0) is 20.2. The molecule has 1 heterocycles. The maximum Gasteiger partial charge on any atom is 0.410 e. The molecule has 1 fully saturated rings. The second-order valence-electron chi connectivity index (χ2n) is 7.62. The van der Waals surface area contributed by atoms with Crippen molar-refractivity contribution in [2.45, 2.75) is 51.3 Å². The third-order valence-corrected chi connectivity index (χ3v) is 4.44. The Balaban J connectivity index is 2.22. The lowest BCUT2D eigenvalue weighted by atomic mass is 10.0. The highest BCUT2D eigenvalue weighted by molar-refractivity contribution is 5.90. The normalized spacial score (nSPS) is 18.0. The molecule has 2 rings (SSSR count). The van der Waals surface area contributed by atoms with Gasteiger partial charge < -0.3 is 14.4 Å². The molecule has 7 heteroatoms. The first-order chi connectivity index (χ1) is 12.7. The molecule has 1 aromatic rings. The van der Waals surface area contributed by atoms with Gasteiger partial charge in [-0.05, 0) is 39.2 Å². The summed E-state index contributed by atoms with van der Waals surface area (Å²) < 4.78 is 10.3. The number of benzene rings is 1. The molecule has 1 unspecified atom stereocenters. The Morgan fingerprint density at radius 3 is 2.37 bits per heavy atom. The van der Waals surface area contributed by atoms with Crippen LogP contribution in [0.15, 0.2) is 30.3 Å². The highest BCUT2D eigenvalue weighted by Gasteiger charge is 2.41. The average Bonchev–Trinajstić information content (AvgIpc) is 3.10. The number of carbonyl (C=O) groups excluding carboxylic acids is 3. The molecular formula is C20H28N2O5. The van der Waals surface area contributed by atoms with Crippen LogP contribution in [0, 0.1) is 0 Å². The van der Waals surface area contributed by atoms with E-state index in [2.05, 4.69) is 0 Å². The molecule has 0 bridgehead atoms. The van der Waals surface area contributed by atoms with Crippen LogP contribution in [0.25, 0.3) is 0 Å². The summed E-state index contributed by atoms with van der Waals surface area (Å²) in [5.41, 5.74) is 0.0135. The summed E-state index contributed by atoms with van der Waals surface area (Å²) in [5.74, 6) is -0.837. The number of amides is 2. The van der Waals surface area contributed by atoms with Gasteiger partial charge in [-0.1, -0.05) is 30.3 Å². The molecule has 1 aliphatic heterocycles. The Morgan fingerprint density at radius 2 is 1.81 bits per heavy atom. The number of hydrogen-bond acceptors (Lipinski definition) is 5. The van der Waals surface area contributed by atoms with Crippen LogP contribution in [-0.4, -0.2) is 60.1 Å². The van der Waals surface area contributed by atoms with E-state index in [1.165, 1.54) is 16.9 Å². The lowest BCUT2D eigenvalue weighted by Crippen LogP contribution is -2.50. The molecule has 2 amide bonds. The van der Waals surface area contributed by atoms with E-state index < -0.39 is 29.7 Å². The highest BCUT2D eigenvalue weighted by atomic mass is 16.6. The van der Waals surface area contributed by atoms with Gasteiger partial charge in [0.25, 0.3) is 0 Å². The molecule has 0 radical (unpaired) electrons. The van der Waals surface area contributed by atoms with Crippen LogP contribution >= 0.6 is 0 Å². The van der Waals surface area contributed by atoms with Gasteiger partial charge in [0.05, 0.1) is 7.11 Å².